The molecule has 0 unspecified atom stereocenters. The molecule has 2 aromatic heterocycles. The molecule has 0 amide bonds. The van der Waals surface area contributed by atoms with E-state index in [1.807, 2.05) is 13.8 Å². The number of aryl methyl sites for hydroxylation is 2. The highest BCUT2D eigenvalue weighted by Gasteiger charge is 2.11. The fraction of sp³-hybridized carbons (Fsp3) is 0.500. The third-order valence-electron chi connectivity index (χ3n) is 2.77. The van der Waals surface area contributed by atoms with Crippen molar-refractivity contribution in [1.29, 1.82) is 0 Å². The van der Waals surface area contributed by atoms with Crippen molar-refractivity contribution in [2.45, 2.75) is 26.0 Å². The molecular weight excluding hydrogens is 268 g/mol. The van der Waals surface area contributed by atoms with Crippen LogP contribution >= 0.6 is 23.1 Å². The number of rotatable bonds is 5. The Morgan fingerprint density at radius 3 is 2.94 bits per heavy atom. The number of nitrogens with one attached hydrogen (secondary N) is 1. The van der Waals surface area contributed by atoms with Crippen LogP contribution in [0.25, 0.3) is 10.2 Å². The van der Waals surface area contributed by atoms with E-state index >= 15 is 0 Å². The van der Waals surface area contributed by atoms with Crippen LogP contribution in [0.1, 0.15) is 22.7 Å². The molecule has 0 aliphatic carbocycles. The number of aromatic nitrogens is 2. The smallest absolute Gasteiger partial charge is 0.259 e. The van der Waals surface area contributed by atoms with Gasteiger partial charge in [0.15, 0.2) is 0 Å². The molecule has 0 saturated heterocycles. The summed E-state index contributed by atoms with van der Waals surface area (Å²) in [5, 5.41) is 9.42. The lowest BCUT2D eigenvalue weighted by Gasteiger charge is -2.00. The molecule has 0 bridgehead atoms. The zero-order valence-electron chi connectivity index (χ0n) is 10.4. The first kappa shape index (κ1) is 13.6. The number of nitrogens with zero attached hydrogens (tertiary/aromatic N) is 1. The van der Waals surface area contributed by atoms with Gasteiger partial charge in [0.05, 0.1) is 11.1 Å². The second-order valence-corrected chi connectivity index (χ2v) is 6.41. The minimum absolute atomic E-state index is 0.0420. The van der Waals surface area contributed by atoms with Gasteiger partial charge in [0.25, 0.3) is 5.56 Å². The number of hydrogen-bond acceptors (Lipinski definition) is 5. The van der Waals surface area contributed by atoms with Gasteiger partial charge < -0.3 is 10.1 Å². The summed E-state index contributed by atoms with van der Waals surface area (Å²) in [6.45, 7) is 4.18. The molecule has 0 fully saturated rings. The van der Waals surface area contributed by atoms with Gasteiger partial charge in [0.1, 0.15) is 10.7 Å². The van der Waals surface area contributed by atoms with Crippen LogP contribution in [0.3, 0.4) is 0 Å². The summed E-state index contributed by atoms with van der Waals surface area (Å²) in [5.74, 6) is 2.28. The van der Waals surface area contributed by atoms with Crippen molar-refractivity contribution >= 4 is 33.3 Å². The number of H-pyrrole nitrogens is 1. The second-order valence-electron chi connectivity index (χ2n) is 4.11. The summed E-state index contributed by atoms with van der Waals surface area (Å²) in [7, 11) is 0. The highest BCUT2D eigenvalue weighted by atomic mass is 32.2. The lowest BCUT2D eigenvalue weighted by Crippen LogP contribution is -2.11. The van der Waals surface area contributed by atoms with E-state index in [2.05, 4.69) is 9.97 Å². The Morgan fingerprint density at radius 2 is 2.22 bits per heavy atom. The van der Waals surface area contributed by atoms with Gasteiger partial charge in [0, 0.05) is 11.5 Å². The summed E-state index contributed by atoms with van der Waals surface area (Å²) in [4.78, 5) is 21.3. The number of aliphatic hydroxyl groups is 1. The van der Waals surface area contributed by atoms with Gasteiger partial charge in [-0.25, -0.2) is 4.98 Å². The Kier molecular flexibility index (Phi) is 4.42. The predicted octanol–water partition coefficient (Wildman–Crippen LogP) is 2.22. The molecule has 6 heteroatoms. The lowest BCUT2D eigenvalue weighted by molar-refractivity contribution is 0.296. The van der Waals surface area contributed by atoms with Crippen LogP contribution in [-0.2, 0) is 5.75 Å². The van der Waals surface area contributed by atoms with Gasteiger partial charge in [-0.3, -0.25) is 4.79 Å². The predicted molar refractivity (Wildman–Crippen MR) is 77.6 cm³/mol. The van der Waals surface area contributed by atoms with Crippen molar-refractivity contribution in [1.82, 2.24) is 9.97 Å². The number of fused-ring (bicyclic) bond motifs is 1. The fourth-order valence-corrected chi connectivity index (χ4v) is 3.56. The van der Waals surface area contributed by atoms with E-state index in [1.54, 1.807) is 23.1 Å². The van der Waals surface area contributed by atoms with Gasteiger partial charge in [-0.2, -0.15) is 11.8 Å². The highest BCUT2D eigenvalue weighted by Crippen LogP contribution is 2.26. The maximum absolute atomic E-state index is 12.0. The highest BCUT2D eigenvalue weighted by molar-refractivity contribution is 7.98. The van der Waals surface area contributed by atoms with Crippen LogP contribution in [0.5, 0.6) is 0 Å². The Balaban J connectivity index is 2.24. The number of aromatic amines is 1. The molecule has 2 heterocycles. The van der Waals surface area contributed by atoms with E-state index in [9.17, 15) is 4.79 Å². The molecule has 0 aromatic carbocycles. The van der Waals surface area contributed by atoms with Crippen LogP contribution in [0.15, 0.2) is 4.79 Å². The zero-order valence-corrected chi connectivity index (χ0v) is 12.1. The summed E-state index contributed by atoms with van der Waals surface area (Å²) >= 11 is 3.24. The molecule has 4 nitrogen and oxygen atoms in total. The Morgan fingerprint density at radius 1 is 1.44 bits per heavy atom. The summed E-state index contributed by atoms with van der Waals surface area (Å²) in [6, 6.07) is 0. The number of aliphatic hydroxyl groups excluding tert-OH is 1. The van der Waals surface area contributed by atoms with Crippen LogP contribution in [-0.4, -0.2) is 27.4 Å². The van der Waals surface area contributed by atoms with E-state index < -0.39 is 0 Å². The van der Waals surface area contributed by atoms with Gasteiger partial charge in [-0.15, -0.1) is 11.3 Å². The maximum Gasteiger partial charge on any atom is 0.259 e. The normalized spacial score (nSPS) is 11.3. The van der Waals surface area contributed by atoms with E-state index in [1.165, 1.54) is 0 Å². The zero-order chi connectivity index (χ0) is 13.1. The number of hydrogen-bond donors (Lipinski definition) is 2. The number of thioether (sulfide) groups is 1. The maximum atomic E-state index is 12.0. The van der Waals surface area contributed by atoms with Gasteiger partial charge in [-0.05, 0) is 31.6 Å². The average molecular weight is 284 g/mol. The van der Waals surface area contributed by atoms with Crippen LogP contribution in [0.4, 0.5) is 0 Å². The van der Waals surface area contributed by atoms with Crippen molar-refractivity contribution in [2.75, 3.05) is 12.4 Å². The third kappa shape index (κ3) is 2.76. The molecule has 98 valence electrons. The summed E-state index contributed by atoms with van der Waals surface area (Å²) < 4.78 is 0. The monoisotopic (exact) mass is 284 g/mol. The minimum Gasteiger partial charge on any atom is -0.396 e. The van der Waals surface area contributed by atoms with Crippen LogP contribution in [0, 0.1) is 13.8 Å². The first-order valence-electron chi connectivity index (χ1n) is 5.81. The Hall–Kier alpha value is -0.850. The summed E-state index contributed by atoms with van der Waals surface area (Å²) in [5.41, 5.74) is 0.989. The number of thiophene rings is 1. The average Bonchev–Trinajstić information content (AvgIpc) is 2.61. The second kappa shape index (κ2) is 5.86. The first-order valence-corrected chi connectivity index (χ1v) is 7.78. The third-order valence-corrected chi connectivity index (χ3v) is 4.93. The molecule has 0 saturated carbocycles. The van der Waals surface area contributed by atoms with E-state index in [4.69, 9.17) is 5.11 Å². The van der Waals surface area contributed by atoms with Gasteiger partial charge in [-0.1, -0.05) is 0 Å². The molecule has 0 aliphatic rings. The van der Waals surface area contributed by atoms with Crippen LogP contribution < -0.4 is 5.56 Å². The van der Waals surface area contributed by atoms with E-state index in [0.717, 1.165) is 38.7 Å². The standard InChI is InChI=1S/C12H16N2O2S2/c1-7-8(2)18-12-10(7)11(16)13-9(14-12)6-17-5-3-4-15/h15H,3-6H2,1-2H3,(H,13,14,16). The van der Waals surface area contributed by atoms with Crippen molar-refractivity contribution in [3.8, 4) is 0 Å². The molecule has 2 rings (SSSR count). The van der Waals surface area contributed by atoms with Crippen molar-refractivity contribution in [3.05, 3.63) is 26.6 Å². The van der Waals surface area contributed by atoms with Gasteiger partial charge >= 0.3 is 0 Å². The van der Waals surface area contributed by atoms with Crippen molar-refractivity contribution < 1.29 is 5.11 Å². The molecule has 0 radical (unpaired) electrons. The summed E-state index contributed by atoms with van der Waals surface area (Å²) in [6.07, 6.45) is 0.772. The Labute approximate surface area is 113 Å². The van der Waals surface area contributed by atoms with Crippen molar-refractivity contribution in [2.24, 2.45) is 0 Å². The quantitative estimate of drug-likeness (QED) is 0.826. The molecule has 0 aliphatic heterocycles. The molecule has 0 spiro atoms. The van der Waals surface area contributed by atoms with E-state index in [0.29, 0.717) is 5.75 Å². The fourth-order valence-electron chi connectivity index (χ4n) is 1.70. The SMILES string of the molecule is Cc1sc2nc(CSCCCO)[nH]c(=O)c2c1C. The molecule has 18 heavy (non-hydrogen) atoms. The topological polar surface area (TPSA) is 66.0 Å². The van der Waals surface area contributed by atoms with Crippen LogP contribution in [0.2, 0.25) is 0 Å². The molecule has 2 aromatic rings. The van der Waals surface area contributed by atoms with E-state index in [-0.39, 0.29) is 12.2 Å². The van der Waals surface area contributed by atoms with Gasteiger partial charge in [0.2, 0.25) is 0 Å². The molecule has 2 N–H and O–H groups in total. The minimum atomic E-state index is -0.0420. The lowest BCUT2D eigenvalue weighted by atomic mass is 10.2. The largest absolute Gasteiger partial charge is 0.396 e. The molecule has 0 atom stereocenters. The van der Waals surface area contributed by atoms with Crippen molar-refractivity contribution in [3.63, 3.8) is 0 Å². The Bertz CT molecular complexity index is 604. The first-order chi connectivity index (χ1) is 8.63. The molecular formula is C12H16N2O2S2.